The number of urea groups is 1. The van der Waals surface area contributed by atoms with E-state index in [9.17, 15) is 4.79 Å². The highest BCUT2D eigenvalue weighted by Gasteiger charge is 2.04. The van der Waals surface area contributed by atoms with Crippen LogP contribution in [-0.2, 0) is 0 Å². The number of hydrogen-bond acceptors (Lipinski definition) is 4. The predicted octanol–water partition coefficient (Wildman–Crippen LogP) is 5.83. The van der Waals surface area contributed by atoms with Crippen LogP contribution >= 0.6 is 31.9 Å². The number of benzene rings is 3. The maximum atomic E-state index is 11.9. The number of rotatable bonds is 8. The number of anilines is 1. The summed E-state index contributed by atoms with van der Waals surface area (Å²) in [5.41, 5.74) is 3.84. The van der Waals surface area contributed by atoms with Crippen molar-refractivity contribution in [3.05, 3.63) is 87.3 Å². The van der Waals surface area contributed by atoms with Gasteiger partial charge in [-0.2, -0.15) is 5.10 Å². The number of carbonyl (C=O) groups is 1. The highest BCUT2D eigenvalue weighted by Crippen LogP contribution is 2.22. The Labute approximate surface area is 191 Å². The molecular formula is C22H19Br2N3O3. The minimum absolute atomic E-state index is 0.362. The lowest BCUT2D eigenvalue weighted by Crippen LogP contribution is -2.24. The van der Waals surface area contributed by atoms with Crippen molar-refractivity contribution >= 4 is 49.8 Å². The Kier molecular flexibility index (Phi) is 8.29. The second-order valence-corrected chi connectivity index (χ2v) is 7.85. The molecule has 2 amide bonds. The summed E-state index contributed by atoms with van der Waals surface area (Å²) in [5, 5.41) is 6.69. The quantitative estimate of drug-likeness (QED) is 0.218. The van der Waals surface area contributed by atoms with Gasteiger partial charge in [-0.15, -0.1) is 0 Å². The normalized spacial score (nSPS) is 10.6. The first-order valence-corrected chi connectivity index (χ1v) is 10.6. The van der Waals surface area contributed by atoms with E-state index in [4.69, 9.17) is 9.47 Å². The minimum atomic E-state index is -0.433. The number of nitrogens with one attached hydrogen (secondary N) is 2. The zero-order valence-electron chi connectivity index (χ0n) is 15.8. The van der Waals surface area contributed by atoms with Crippen LogP contribution in [0.15, 0.2) is 86.8 Å². The largest absolute Gasteiger partial charge is 0.490 e. The third kappa shape index (κ3) is 7.20. The van der Waals surface area contributed by atoms with Gasteiger partial charge in [-0.05, 0) is 54.6 Å². The van der Waals surface area contributed by atoms with E-state index >= 15 is 0 Å². The lowest BCUT2D eigenvalue weighted by Gasteiger charge is -2.11. The summed E-state index contributed by atoms with van der Waals surface area (Å²) >= 11 is 6.83. The molecule has 0 aliphatic rings. The molecule has 0 fully saturated rings. The van der Waals surface area contributed by atoms with Gasteiger partial charge >= 0.3 is 6.03 Å². The molecule has 3 aromatic carbocycles. The van der Waals surface area contributed by atoms with Gasteiger partial charge < -0.3 is 14.8 Å². The standard InChI is InChI=1S/C22H19Br2N3O3/c23-17-6-9-20(10-7-17)29-12-13-30-21-11-8-18(24)14-16(21)15-25-27-22(28)26-19-4-2-1-3-5-19/h1-11,14-15H,12-13H2,(H2,26,27,28)/b25-15-. The van der Waals surface area contributed by atoms with E-state index in [1.54, 1.807) is 12.1 Å². The Morgan fingerprint density at radius 3 is 2.37 bits per heavy atom. The van der Waals surface area contributed by atoms with E-state index in [1.165, 1.54) is 6.21 Å². The Bertz CT molecular complexity index is 996. The SMILES string of the molecule is O=C(N/N=C\c1cc(Br)ccc1OCCOc1ccc(Br)cc1)Nc1ccccc1. The first-order chi connectivity index (χ1) is 14.6. The Balaban J connectivity index is 1.51. The van der Waals surface area contributed by atoms with Crippen molar-refractivity contribution in [3.8, 4) is 11.5 Å². The summed E-state index contributed by atoms with van der Waals surface area (Å²) < 4.78 is 13.3. The Morgan fingerprint density at radius 2 is 1.60 bits per heavy atom. The number of carbonyl (C=O) groups excluding carboxylic acids is 1. The molecule has 0 aliphatic carbocycles. The van der Waals surface area contributed by atoms with Gasteiger partial charge in [0.05, 0.1) is 6.21 Å². The van der Waals surface area contributed by atoms with E-state index in [1.807, 2.05) is 60.7 Å². The summed E-state index contributed by atoms with van der Waals surface area (Å²) in [6, 6.07) is 21.9. The van der Waals surface area contributed by atoms with Gasteiger partial charge in [0.1, 0.15) is 24.7 Å². The second-order valence-electron chi connectivity index (χ2n) is 6.02. The summed E-state index contributed by atoms with van der Waals surface area (Å²) in [4.78, 5) is 11.9. The van der Waals surface area contributed by atoms with Crippen LogP contribution in [0.3, 0.4) is 0 Å². The molecule has 8 heteroatoms. The van der Waals surface area contributed by atoms with Crippen molar-refractivity contribution in [1.29, 1.82) is 0 Å². The molecule has 154 valence electrons. The van der Waals surface area contributed by atoms with Crippen LogP contribution in [-0.4, -0.2) is 25.5 Å². The fourth-order valence-electron chi connectivity index (χ4n) is 2.43. The minimum Gasteiger partial charge on any atom is -0.490 e. The lowest BCUT2D eigenvalue weighted by molar-refractivity contribution is 0.217. The lowest BCUT2D eigenvalue weighted by atomic mass is 10.2. The van der Waals surface area contributed by atoms with E-state index in [-0.39, 0.29) is 0 Å². The topological polar surface area (TPSA) is 72.0 Å². The molecule has 0 spiro atoms. The fraction of sp³-hybridized carbons (Fsp3) is 0.0909. The average Bonchev–Trinajstić information content (AvgIpc) is 2.74. The van der Waals surface area contributed by atoms with Crippen molar-refractivity contribution in [3.63, 3.8) is 0 Å². The van der Waals surface area contributed by atoms with Gasteiger partial charge in [-0.1, -0.05) is 50.1 Å². The van der Waals surface area contributed by atoms with Crippen molar-refractivity contribution in [2.24, 2.45) is 5.10 Å². The summed E-state index contributed by atoms with van der Waals surface area (Å²) in [5.74, 6) is 1.40. The van der Waals surface area contributed by atoms with Gasteiger partial charge in [0.2, 0.25) is 0 Å². The highest BCUT2D eigenvalue weighted by molar-refractivity contribution is 9.10. The molecular weight excluding hydrogens is 514 g/mol. The molecule has 30 heavy (non-hydrogen) atoms. The molecule has 0 bridgehead atoms. The van der Waals surface area contributed by atoms with Crippen LogP contribution in [0.1, 0.15) is 5.56 Å². The highest BCUT2D eigenvalue weighted by atomic mass is 79.9. The van der Waals surface area contributed by atoms with Crippen LogP contribution in [0.25, 0.3) is 0 Å². The first kappa shape index (κ1) is 21.9. The van der Waals surface area contributed by atoms with Gasteiger partial charge in [-0.3, -0.25) is 0 Å². The van der Waals surface area contributed by atoms with E-state index in [0.717, 1.165) is 14.7 Å². The molecule has 3 rings (SSSR count). The molecule has 0 atom stereocenters. The summed E-state index contributed by atoms with van der Waals surface area (Å²) in [6.45, 7) is 0.756. The Hall–Kier alpha value is -2.84. The monoisotopic (exact) mass is 531 g/mol. The number of ether oxygens (including phenoxy) is 2. The smallest absolute Gasteiger partial charge is 0.339 e. The first-order valence-electron chi connectivity index (χ1n) is 9.06. The molecule has 6 nitrogen and oxygen atoms in total. The van der Waals surface area contributed by atoms with Gasteiger partial charge in [0.15, 0.2) is 0 Å². The Morgan fingerprint density at radius 1 is 0.900 bits per heavy atom. The third-order valence-corrected chi connectivity index (χ3v) is 4.82. The number of hydrogen-bond donors (Lipinski definition) is 2. The van der Waals surface area contributed by atoms with Crippen molar-refractivity contribution in [2.75, 3.05) is 18.5 Å². The summed E-state index contributed by atoms with van der Waals surface area (Å²) in [6.07, 6.45) is 1.53. The summed E-state index contributed by atoms with van der Waals surface area (Å²) in [7, 11) is 0. The average molecular weight is 533 g/mol. The molecule has 3 aromatic rings. The maximum absolute atomic E-state index is 11.9. The van der Waals surface area contributed by atoms with Crippen LogP contribution in [0.5, 0.6) is 11.5 Å². The van der Waals surface area contributed by atoms with Crippen LogP contribution in [0, 0.1) is 0 Å². The molecule has 0 heterocycles. The zero-order valence-corrected chi connectivity index (χ0v) is 19.0. The number of amides is 2. The van der Waals surface area contributed by atoms with Crippen LogP contribution in [0.4, 0.5) is 10.5 Å². The van der Waals surface area contributed by atoms with Crippen LogP contribution < -0.4 is 20.2 Å². The number of nitrogens with zero attached hydrogens (tertiary/aromatic N) is 1. The fourth-order valence-corrected chi connectivity index (χ4v) is 3.08. The van der Waals surface area contributed by atoms with E-state index in [2.05, 4.69) is 47.7 Å². The molecule has 0 saturated heterocycles. The van der Waals surface area contributed by atoms with Gasteiger partial charge in [-0.25, -0.2) is 10.2 Å². The molecule has 0 unspecified atom stereocenters. The van der Waals surface area contributed by atoms with Crippen molar-refractivity contribution < 1.29 is 14.3 Å². The third-order valence-electron chi connectivity index (χ3n) is 3.80. The zero-order chi connectivity index (χ0) is 21.2. The van der Waals surface area contributed by atoms with Gasteiger partial charge in [0.25, 0.3) is 0 Å². The van der Waals surface area contributed by atoms with E-state index < -0.39 is 6.03 Å². The molecule has 2 N–H and O–H groups in total. The second kappa shape index (κ2) is 11.4. The predicted molar refractivity (Wildman–Crippen MR) is 125 cm³/mol. The molecule has 0 saturated carbocycles. The van der Waals surface area contributed by atoms with Crippen LogP contribution in [0.2, 0.25) is 0 Å². The molecule has 0 aromatic heterocycles. The van der Waals surface area contributed by atoms with Gasteiger partial charge in [0, 0.05) is 20.2 Å². The number of para-hydroxylation sites is 1. The maximum Gasteiger partial charge on any atom is 0.339 e. The number of halogens is 2. The van der Waals surface area contributed by atoms with E-state index in [0.29, 0.717) is 30.2 Å². The van der Waals surface area contributed by atoms with Crippen molar-refractivity contribution in [2.45, 2.75) is 0 Å². The molecule has 0 radical (unpaired) electrons. The van der Waals surface area contributed by atoms with Crippen molar-refractivity contribution in [1.82, 2.24) is 5.43 Å². The number of hydrazone groups is 1. The molecule has 0 aliphatic heterocycles.